The molecule has 14 heteroatoms. The van der Waals surface area contributed by atoms with Crippen molar-refractivity contribution in [2.75, 3.05) is 26.4 Å². The molecule has 234 valence electrons. The van der Waals surface area contributed by atoms with E-state index >= 15 is 0 Å². The van der Waals surface area contributed by atoms with Crippen LogP contribution in [-0.2, 0) is 48.5 Å². The highest BCUT2D eigenvalue weighted by Gasteiger charge is 2.57. The Balaban J connectivity index is 1.42. The standard InChI is InChI=1S/C28H41ClN3O9P/c1-6-35-25(33)26(42(34,37-7-2)38-8-3)36-16-21-23-24(41-28(4,5)40-23)22(39-21)20-14-13-19-18(15-17-11-9-10-12-17)30-27(29)31-32(19)20/h13-14,17,21-24,26H,6-12,15-16H2,1-5H3/t21-,22-,23-,24+,26?/m1/s1. The Morgan fingerprint density at radius 1 is 1.12 bits per heavy atom. The summed E-state index contributed by atoms with van der Waals surface area (Å²) in [5.74, 6) is -2.74. The average molecular weight is 630 g/mol. The van der Waals surface area contributed by atoms with Gasteiger partial charge in [-0.25, -0.2) is 14.3 Å². The van der Waals surface area contributed by atoms with Crippen molar-refractivity contribution in [1.29, 1.82) is 0 Å². The summed E-state index contributed by atoms with van der Waals surface area (Å²) in [7, 11) is -4.01. The molecule has 1 unspecified atom stereocenters. The highest BCUT2D eigenvalue weighted by atomic mass is 35.5. The maximum absolute atomic E-state index is 13.6. The molecule has 2 aromatic heterocycles. The molecule has 2 aromatic rings. The Morgan fingerprint density at radius 2 is 1.81 bits per heavy atom. The van der Waals surface area contributed by atoms with E-state index in [4.69, 9.17) is 44.3 Å². The molecule has 1 saturated carbocycles. The smallest absolute Gasteiger partial charge is 0.370 e. The van der Waals surface area contributed by atoms with Crippen molar-refractivity contribution in [3.63, 3.8) is 0 Å². The van der Waals surface area contributed by atoms with E-state index in [0.29, 0.717) is 5.92 Å². The second kappa shape index (κ2) is 13.2. The zero-order valence-electron chi connectivity index (χ0n) is 24.8. The molecule has 1 aliphatic carbocycles. The van der Waals surface area contributed by atoms with Crippen molar-refractivity contribution in [1.82, 2.24) is 14.6 Å². The molecule has 0 aromatic carbocycles. The number of ether oxygens (including phenoxy) is 5. The largest absolute Gasteiger partial charge is 0.464 e. The third-order valence-electron chi connectivity index (χ3n) is 7.80. The van der Waals surface area contributed by atoms with Gasteiger partial charge in [0.1, 0.15) is 24.4 Å². The summed E-state index contributed by atoms with van der Waals surface area (Å²) in [6.07, 6.45) is 3.35. The highest BCUT2D eigenvalue weighted by Crippen LogP contribution is 2.54. The van der Waals surface area contributed by atoms with Gasteiger partial charge in [-0.2, -0.15) is 0 Å². The first kappa shape index (κ1) is 31.8. The maximum atomic E-state index is 13.6. The summed E-state index contributed by atoms with van der Waals surface area (Å²) in [6, 6.07) is 3.92. The molecule has 3 aliphatic rings. The fourth-order valence-corrected chi connectivity index (χ4v) is 8.02. The molecule has 12 nitrogen and oxygen atoms in total. The topological polar surface area (TPSA) is 129 Å². The van der Waals surface area contributed by atoms with Gasteiger partial charge in [-0.15, -0.1) is 5.10 Å². The first-order chi connectivity index (χ1) is 20.1. The number of fused-ring (bicyclic) bond motifs is 2. The van der Waals surface area contributed by atoms with Crippen molar-refractivity contribution < 1.29 is 42.1 Å². The molecule has 4 heterocycles. The predicted molar refractivity (Wildman–Crippen MR) is 152 cm³/mol. The van der Waals surface area contributed by atoms with Crippen LogP contribution >= 0.6 is 19.2 Å². The molecule has 5 rings (SSSR count). The molecule has 0 bridgehead atoms. The van der Waals surface area contributed by atoms with Gasteiger partial charge in [0.05, 0.1) is 43.3 Å². The Kier molecular flexibility index (Phi) is 9.96. The Labute approximate surface area is 251 Å². The van der Waals surface area contributed by atoms with Crippen LogP contribution in [0.25, 0.3) is 5.52 Å². The third-order valence-corrected chi connectivity index (χ3v) is 10.1. The van der Waals surface area contributed by atoms with Crippen molar-refractivity contribution in [2.24, 2.45) is 5.92 Å². The van der Waals surface area contributed by atoms with E-state index in [1.54, 1.807) is 25.3 Å². The number of carbonyl (C=O) groups excluding carboxylic acids is 1. The van der Waals surface area contributed by atoms with Crippen LogP contribution in [0.3, 0.4) is 0 Å². The van der Waals surface area contributed by atoms with E-state index in [-0.39, 0.29) is 31.7 Å². The molecule has 3 fully saturated rings. The molecule has 0 N–H and O–H groups in total. The van der Waals surface area contributed by atoms with E-state index in [9.17, 15) is 9.36 Å². The summed E-state index contributed by atoms with van der Waals surface area (Å²) in [6.45, 7) is 8.66. The first-order valence-electron chi connectivity index (χ1n) is 14.8. The summed E-state index contributed by atoms with van der Waals surface area (Å²) in [5.41, 5.74) is 2.51. The van der Waals surface area contributed by atoms with Crippen LogP contribution in [0.15, 0.2) is 12.1 Å². The Morgan fingerprint density at radius 3 is 2.48 bits per heavy atom. The monoisotopic (exact) mass is 629 g/mol. The number of rotatable bonds is 13. The van der Waals surface area contributed by atoms with Gasteiger partial charge in [-0.1, -0.05) is 25.7 Å². The zero-order valence-corrected chi connectivity index (χ0v) is 26.5. The molecule has 2 aliphatic heterocycles. The van der Waals surface area contributed by atoms with Gasteiger partial charge in [0.15, 0.2) is 5.79 Å². The third kappa shape index (κ3) is 6.56. The molecule has 5 atom stereocenters. The minimum Gasteiger partial charge on any atom is -0.464 e. The first-order valence-corrected chi connectivity index (χ1v) is 16.8. The maximum Gasteiger partial charge on any atom is 0.370 e. The quantitative estimate of drug-likeness (QED) is 0.213. The van der Waals surface area contributed by atoms with Crippen LogP contribution in [0, 0.1) is 5.92 Å². The SMILES string of the molecule is CCOC(=O)C(OC[C@H]1O[C@H](c2ccc3c(CC4CCCC4)nc(Cl)nn23)[C@@H]2OC(C)(C)O[C@@H]21)P(=O)(OCC)OCC. The lowest BCUT2D eigenvalue weighted by Gasteiger charge is -2.27. The van der Waals surface area contributed by atoms with Gasteiger partial charge in [-0.3, -0.25) is 4.57 Å². The lowest BCUT2D eigenvalue weighted by atomic mass is 10.0. The molecule has 0 radical (unpaired) electrons. The summed E-state index contributed by atoms with van der Waals surface area (Å²) >= 11 is 6.41. The molecule has 2 saturated heterocycles. The van der Waals surface area contributed by atoms with Crippen LogP contribution in [0.4, 0.5) is 0 Å². The van der Waals surface area contributed by atoms with Gasteiger partial charge in [-0.05, 0) is 70.7 Å². The van der Waals surface area contributed by atoms with Crippen molar-refractivity contribution in [2.45, 2.75) is 103 Å². The van der Waals surface area contributed by atoms with Crippen molar-refractivity contribution in [3.05, 3.63) is 28.8 Å². The number of carbonyl (C=O) groups is 1. The number of hydrogen-bond donors (Lipinski definition) is 0. The lowest BCUT2D eigenvalue weighted by Crippen LogP contribution is -2.37. The van der Waals surface area contributed by atoms with E-state index < -0.39 is 49.6 Å². The summed E-state index contributed by atoms with van der Waals surface area (Å²) in [4.78, 5) is 17.4. The van der Waals surface area contributed by atoms with E-state index in [1.807, 2.05) is 26.0 Å². The van der Waals surface area contributed by atoms with Gasteiger partial charge < -0.3 is 32.7 Å². The van der Waals surface area contributed by atoms with Crippen molar-refractivity contribution in [3.8, 4) is 0 Å². The number of hydrogen-bond acceptors (Lipinski definition) is 11. The fourth-order valence-electron chi connectivity index (χ4n) is 6.18. The minimum atomic E-state index is -4.01. The van der Waals surface area contributed by atoms with Crippen LogP contribution in [0.1, 0.15) is 77.8 Å². The zero-order chi connectivity index (χ0) is 30.1. The average Bonchev–Trinajstić information content (AvgIpc) is 3.69. The second-order valence-corrected chi connectivity index (χ2v) is 13.6. The van der Waals surface area contributed by atoms with Crippen LogP contribution in [0.2, 0.25) is 5.28 Å². The van der Waals surface area contributed by atoms with Gasteiger partial charge in [0.2, 0.25) is 5.28 Å². The fraction of sp³-hybridized carbons (Fsp3) is 0.750. The Bertz CT molecular complexity index is 1290. The molecular weight excluding hydrogens is 589 g/mol. The van der Waals surface area contributed by atoms with E-state index in [1.165, 1.54) is 25.7 Å². The van der Waals surface area contributed by atoms with Crippen LogP contribution < -0.4 is 0 Å². The lowest BCUT2D eigenvalue weighted by molar-refractivity contribution is -0.195. The van der Waals surface area contributed by atoms with E-state index in [2.05, 4.69) is 10.1 Å². The Hall–Kier alpha value is -1.63. The van der Waals surface area contributed by atoms with Gasteiger partial charge in [0, 0.05) is 0 Å². The number of esters is 1. The highest BCUT2D eigenvalue weighted by molar-refractivity contribution is 7.55. The molecule has 0 spiro atoms. The number of aromatic nitrogens is 3. The normalized spacial score (nSPS) is 26.6. The minimum absolute atomic E-state index is 0.0584. The van der Waals surface area contributed by atoms with Crippen LogP contribution in [0.5, 0.6) is 0 Å². The molecule has 0 amide bonds. The van der Waals surface area contributed by atoms with E-state index in [0.717, 1.165) is 23.3 Å². The van der Waals surface area contributed by atoms with Gasteiger partial charge in [0.25, 0.3) is 5.85 Å². The number of halogens is 1. The second-order valence-electron chi connectivity index (χ2n) is 11.2. The van der Waals surface area contributed by atoms with Crippen molar-refractivity contribution >= 4 is 30.7 Å². The number of nitrogens with zero attached hydrogens (tertiary/aromatic N) is 3. The van der Waals surface area contributed by atoms with Crippen LogP contribution in [-0.4, -0.2) is 76.9 Å². The molecular formula is C28H41ClN3O9P. The predicted octanol–water partition coefficient (Wildman–Crippen LogP) is 5.25. The summed E-state index contributed by atoms with van der Waals surface area (Å²) < 4.78 is 56.3. The summed E-state index contributed by atoms with van der Waals surface area (Å²) in [5, 5.41) is 4.67. The van der Waals surface area contributed by atoms with Gasteiger partial charge >= 0.3 is 13.6 Å². The molecule has 42 heavy (non-hydrogen) atoms.